The predicted octanol–water partition coefficient (Wildman–Crippen LogP) is -1.36. The van der Waals surface area contributed by atoms with Crippen LogP contribution in [0.3, 0.4) is 0 Å². The maximum absolute atomic E-state index is 11.7. The van der Waals surface area contributed by atoms with Gasteiger partial charge in [-0.15, -0.1) is 0 Å². The van der Waals surface area contributed by atoms with Crippen LogP contribution in [0.2, 0.25) is 0 Å². The zero-order chi connectivity index (χ0) is 12.5. The van der Waals surface area contributed by atoms with Gasteiger partial charge in [0.1, 0.15) is 0 Å². The van der Waals surface area contributed by atoms with Crippen molar-refractivity contribution in [1.29, 1.82) is 0 Å². The fourth-order valence-electron chi connectivity index (χ4n) is 1.15. The minimum absolute atomic E-state index is 0.178. The maximum Gasteiger partial charge on any atom is 0.275 e. The molecular formula is C7H8N6O3S. The number of hydrogen-bond acceptors (Lipinski definition) is 5. The van der Waals surface area contributed by atoms with Gasteiger partial charge >= 0.3 is 0 Å². The molecule has 2 aromatic rings. The third-order valence-corrected chi connectivity index (χ3v) is 2.73. The molecule has 0 saturated carbocycles. The molecule has 0 aliphatic heterocycles. The van der Waals surface area contributed by atoms with E-state index in [1.165, 1.54) is 12.4 Å². The van der Waals surface area contributed by atoms with Gasteiger partial charge < -0.3 is 0 Å². The van der Waals surface area contributed by atoms with Crippen LogP contribution in [-0.2, 0) is 10.0 Å². The minimum atomic E-state index is -4.02. The van der Waals surface area contributed by atoms with Crippen LogP contribution in [0.4, 0.5) is 0 Å². The Kier molecular flexibility index (Phi) is 2.65. The molecule has 1 amide bonds. The first-order valence-electron chi connectivity index (χ1n) is 4.35. The van der Waals surface area contributed by atoms with E-state index in [1.54, 1.807) is 6.07 Å². The third-order valence-electron chi connectivity index (χ3n) is 1.85. The fourth-order valence-corrected chi connectivity index (χ4v) is 1.78. The number of nitrogens with one attached hydrogen (secondary N) is 2. The Hall–Kier alpha value is -2.20. The summed E-state index contributed by atoms with van der Waals surface area (Å²) in [5.74, 6) is -0.688. The molecule has 0 unspecified atom stereocenters. The smallest absolute Gasteiger partial charge is 0.267 e. The lowest BCUT2D eigenvalue weighted by atomic mass is 10.3. The van der Waals surface area contributed by atoms with E-state index in [1.807, 2.05) is 0 Å². The number of H-pyrrole nitrogens is 1. The molecule has 0 spiro atoms. The first-order valence-corrected chi connectivity index (χ1v) is 5.90. The Morgan fingerprint density at radius 2 is 2.29 bits per heavy atom. The highest BCUT2D eigenvalue weighted by Gasteiger charge is 2.21. The highest BCUT2D eigenvalue weighted by atomic mass is 32.2. The molecule has 0 atom stereocenters. The van der Waals surface area contributed by atoms with Crippen LogP contribution >= 0.6 is 0 Å². The molecule has 0 aromatic carbocycles. The van der Waals surface area contributed by atoms with Crippen molar-refractivity contribution < 1.29 is 13.2 Å². The summed E-state index contributed by atoms with van der Waals surface area (Å²) in [6, 6.07) is 1.59. The topological polar surface area (TPSA) is 136 Å². The summed E-state index contributed by atoms with van der Waals surface area (Å²) in [5.41, 5.74) is 2.15. The van der Waals surface area contributed by atoms with Gasteiger partial charge in [0, 0.05) is 6.20 Å². The van der Waals surface area contributed by atoms with Crippen LogP contribution in [0.5, 0.6) is 0 Å². The molecule has 0 fully saturated rings. The van der Waals surface area contributed by atoms with Gasteiger partial charge in [-0.05, 0) is 6.07 Å². The second kappa shape index (κ2) is 3.99. The number of amides is 1. The summed E-state index contributed by atoms with van der Waals surface area (Å²) in [6.07, 6.45) is 4.00. The van der Waals surface area contributed by atoms with Crippen LogP contribution < -0.4 is 10.6 Å². The van der Waals surface area contributed by atoms with Crippen LogP contribution in [0.1, 0.15) is 10.4 Å². The number of rotatable bonds is 3. The quantitative estimate of drug-likeness (QED) is 0.623. The van der Waals surface area contributed by atoms with Crippen LogP contribution in [0, 0.1) is 0 Å². The number of hydrogen-bond donors (Lipinski definition) is 3. The van der Waals surface area contributed by atoms with E-state index in [0.29, 0.717) is 0 Å². The predicted molar refractivity (Wildman–Crippen MR) is 55.9 cm³/mol. The van der Waals surface area contributed by atoms with Crippen molar-refractivity contribution in [2.45, 2.75) is 5.03 Å². The average molecular weight is 256 g/mol. The number of nitrogens with zero attached hydrogens (tertiary/aromatic N) is 3. The number of primary sulfonamides is 1. The molecule has 0 saturated heterocycles. The molecule has 0 aliphatic rings. The molecule has 17 heavy (non-hydrogen) atoms. The van der Waals surface area contributed by atoms with E-state index < -0.39 is 21.0 Å². The Balaban J connectivity index is 2.30. The highest BCUT2D eigenvalue weighted by molar-refractivity contribution is 7.89. The Morgan fingerprint density at radius 1 is 1.53 bits per heavy atom. The van der Waals surface area contributed by atoms with E-state index in [0.717, 1.165) is 11.0 Å². The Bertz CT molecular complexity index is 628. The summed E-state index contributed by atoms with van der Waals surface area (Å²) in [5, 5.41) is 13.8. The lowest BCUT2D eigenvalue weighted by Crippen LogP contribution is -2.25. The minimum Gasteiger partial charge on any atom is -0.267 e. The van der Waals surface area contributed by atoms with Crippen LogP contribution in [0.25, 0.3) is 0 Å². The van der Waals surface area contributed by atoms with Gasteiger partial charge in [-0.3, -0.25) is 9.89 Å². The second-order valence-electron chi connectivity index (χ2n) is 3.05. The van der Waals surface area contributed by atoms with E-state index >= 15 is 0 Å². The molecule has 0 aliphatic carbocycles. The highest BCUT2D eigenvalue weighted by Crippen LogP contribution is 2.09. The van der Waals surface area contributed by atoms with Gasteiger partial charge in [-0.2, -0.15) is 15.0 Å². The maximum atomic E-state index is 11.7. The molecule has 2 rings (SSSR count). The number of nitrogens with two attached hydrogens (primary N) is 1. The average Bonchev–Trinajstić information content (AvgIpc) is 2.85. The van der Waals surface area contributed by atoms with Crippen LogP contribution in [-0.4, -0.2) is 34.4 Å². The lowest BCUT2D eigenvalue weighted by Gasteiger charge is -2.03. The number of carbonyl (C=O) groups is 1. The summed E-state index contributed by atoms with van der Waals surface area (Å²) in [6.45, 7) is 0. The first-order chi connectivity index (χ1) is 7.98. The lowest BCUT2D eigenvalue weighted by molar-refractivity contribution is 0.100. The van der Waals surface area contributed by atoms with Crippen molar-refractivity contribution in [3.8, 4) is 0 Å². The zero-order valence-corrected chi connectivity index (χ0v) is 9.18. The number of carbonyl (C=O) groups excluding carboxylic acids is 1. The molecule has 10 heteroatoms. The largest absolute Gasteiger partial charge is 0.275 e. The summed E-state index contributed by atoms with van der Waals surface area (Å²) < 4.78 is 22.3. The van der Waals surface area contributed by atoms with E-state index in [2.05, 4.69) is 20.7 Å². The number of sulfonamides is 1. The summed E-state index contributed by atoms with van der Waals surface area (Å²) >= 11 is 0. The molecule has 0 radical (unpaired) electrons. The SMILES string of the molecule is NS(=O)(=O)c1[nH]ncc1C(=O)Nn1cccn1. The third kappa shape index (κ3) is 2.32. The first kappa shape index (κ1) is 11.3. The van der Waals surface area contributed by atoms with E-state index in [9.17, 15) is 13.2 Å². The molecule has 4 N–H and O–H groups in total. The van der Waals surface area contributed by atoms with Gasteiger partial charge in [0.15, 0.2) is 5.03 Å². The molecule has 9 nitrogen and oxygen atoms in total. The summed E-state index contributed by atoms with van der Waals surface area (Å²) in [4.78, 5) is 12.8. The van der Waals surface area contributed by atoms with E-state index in [4.69, 9.17) is 5.14 Å². The molecule has 0 bridgehead atoms. The monoisotopic (exact) mass is 256 g/mol. The van der Waals surface area contributed by atoms with E-state index in [-0.39, 0.29) is 5.56 Å². The molecule has 2 aromatic heterocycles. The van der Waals surface area contributed by atoms with Crippen molar-refractivity contribution in [3.05, 3.63) is 30.2 Å². The molecule has 2 heterocycles. The Labute approximate surface area is 95.6 Å². The zero-order valence-electron chi connectivity index (χ0n) is 8.36. The summed E-state index contributed by atoms with van der Waals surface area (Å²) in [7, 11) is -4.02. The second-order valence-corrected chi connectivity index (χ2v) is 4.55. The van der Waals surface area contributed by atoms with Crippen molar-refractivity contribution in [1.82, 2.24) is 20.1 Å². The van der Waals surface area contributed by atoms with Crippen molar-refractivity contribution in [2.24, 2.45) is 5.14 Å². The van der Waals surface area contributed by atoms with Crippen molar-refractivity contribution >= 4 is 15.9 Å². The Morgan fingerprint density at radius 3 is 2.88 bits per heavy atom. The molecular weight excluding hydrogens is 248 g/mol. The normalized spacial score (nSPS) is 11.4. The van der Waals surface area contributed by atoms with Gasteiger partial charge in [0.05, 0.1) is 18.0 Å². The molecule has 90 valence electrons. The van der Waals surface area contributed by atoms with Crippen molar-refractivity contribution in [2.75, 3.05) is 5.43 Å². The standard InChI is InChI=1S/C7H8N6O3S/c8-17(15,16)7-5(4-9-11-7)6(14)12-13-3-1-2-10-13/h1-4H,(H,9,11)(H,12,14)(H2,8,15,16). The number of aromatic amines is 1. The van der Waals surface area contributed by atoms with Gasteiger partial charge in [-0.1, -0.05) is 0 Å². The van der Waals surface area contributed by atoms with Crippen molar-refractivity contribution in [3.63, 3.8) is 0 Å². The fraction of sp³-hybridized carbons (Fsp3) is 0. The van der Waals surface area contributed by atoms with Gasteiger partial charge in [-0.25, -0.2) is 19.0 Å². The number of aromatic nitrogens is 4. The van der Waals surface area contributed by atoms with Crippen LogP contribution in [0.15, 0.2) is 29.7 Å². The van der Waals surface area contributed by atoms with Gasteiger partial charge in [0.2, 0.25) is 0 Å². The van der Waals surface area contributed by atoms with Gasteiger partial charge in [0.25, 0.3) is 15.9 Å².